The Bertz CT molecular complexity index is 235. The van der Waals surface area contributed by atoms with Crippen molar-refractivity contribution in [1.29, 1.82) is 0 Å². The van der Waals surface area contributed by atoms with E-state index in [1.54, 1.807) is 0 Å². The molecular weight excluding hydrogens is 208 g/mol. The van der Waals surface area contributed by atoms with Gasteiger partial charge in [-0.05, 0) is 15.9 Å². The van der Waals surface area contributed by atoms with Gasteiger partial charge >= 0.3 is 0 Å². The lowest BCUT2D eigenvalue weighted by molar-refractivity contribution is 0.553. The van der Waals surface area contributed by atoms with Crippen molar-refractivity contribution in [3.05, 3.63) is 17.1 Å². The molecule has 1 unspecified atom stereocenters. The van der Waals surface area contributed by atoms with Gasteiger partial charge in [0.15, 0.2) is 4.73 Å². The Kier molecular flexibility index (Phi) is 1.99. The largest absolute Gasteiger partial charge is 0.289 e. The van der Waals surface area contributed by atoms with E-state index in [0.29, 0.717) is 4.73 Å². The summed E-state index contributed by atoms with van der Waals surface area (Å²) in [5.41, 5.74) is 0. The number of imidazole rings is 1. The zero-order valence-corrected chi connectivity index (χ0v) is 6.59. The van der Waals surface area contributed by atoms with Gasteiger partial charge in [0, 0.05) is 12.4 Å². The van der Waals surface area contributed by atoms with Crippen molar-refractivity contribution in [3.8, 4) is 0 Å². The molecule has 0 amide bonds. The third kappa shape index (κ3) is 1.38. The van der Waals surface area contributed by atoms with Gasteiger partial charge in [-0.3, -0.25) is 4.55 Å². The summed E-state index contributed by atoms with van der Waals surface area (Å²) in [6.45, 7) is 0. The van der Waals surface area contributed by atoms with Crippen LogP contribution in [0.1, 0.15) is 0 Å². The first-order valence-electron chi connectivity index (χ1n) is 2.02. The summed E-state index contributed by atoms with van der Waals surface area (Å²) in [6, 6.07) is 0. The fourth-order valence-electron chi connectivity index (χ4n) is 0.390. The zero-order chi connectivity index (χ0) is 6.85. The predicted octanol–water partition coefficient (Wildman–Crippen LogP) is 0.630. The Balaban J connectivity index is 3.08. The molecule has 4 nitrogen and oxygen atoms in total. The van der Waals surface area contributed by atoms with Crippen LogP contribution < -0.4 is 0 Å². The molecule has 0 bridgehead atoms. The molecule has 0 radical (unpaired) electrons. The summed E-state index contributed by atoms with van der Waals surface area (Å²) in [6.07, 6.45) is 2.83. The van der Waals surface area contributed by atoms with Gasteiger partial charge in [0.05, 0.1) is 0 Å². The smallest absolute Gasteiger partial charge is 0.267 e. The summed E-state index contributed by atoms with van der Waals surface area (Å²) in [5.74, 6) is 0. The van der Waals surface area contributed by atoms with Crippen molar-refractivity contribution in [2.24, 2.45) is 0 Å². The quantitative estimate of drug-likeness (QED) is 0.693. The standard InChI is InChI=1S/C3H3BrN2O2S/c4-3-5-1-2-6(3)9(7)8/h1-2H,(H,7,8). The topological polar surface area (TPSA) is 55.1 Å². The first-order chi connectivity index (χ1) is 4.22. The highest BCUT2D eigenvalue weighted by atomic mass is 79.9. The number of halogens is 1. The molecule has 0 aliphatic heterocycles. The fourth-order valence-corrected chi connectivity index (χ4v) is 1.33. The second kappa shape index (κ2) is 2.59. The minimum Gasteiger partial charge on any atom is -0.289 e. The Morgan fingerprint density at radius 2 is 2.56 bits per heavy atom. The molecule has 0 aliphatic rings. The molecule has 0 aliphatic carbocycles. The minimum absolute atomic E-state index is 0.350. The first kappa shape index (κ1) is 6.91. The summed E-state index contributed by atoms with van der Waals surface area (Å²) >= 11 is 0.964. The highest BCUT2D eigenvalue weighted by molar-refractivity contribution is 9.10. The van der Waals surface area contributed by atoms with Crippen molar-refractivity contribution in [2.75, 3.05) is 0 Å². The van der Waals surface area contributed by atoms with E-state index >= 15 is 0 Å². The van der Waals surface area contributed by atoms with Gasteiger partial charge in [-0.25, -0.2) is 13.2 Å². The summed E-state index contributed by atoms with van der Waals surface area (Å²) in [5, 5.41) is 0. The SMILES string of the molecule is O=S(O)n1ccnc1Br. The number of hydrogen-bond acceptors (Lipinski definition) is 2. The van der Waals surface area contributed by atoms with Crippen LogP contribution in [0.15, 0.2) is 17.1 Å². The van der Waals surface area contributed by atoms with Gasteiger partial charge in [-0.2, -0.15) is 0 Å². The molecule has 0 spiro atoms. The third-order valence-corrected chi connectivity index (χ3v) is 2.19. The second-order valence-electron chi connectivity index (χ2n) is 1.25. The Labute approximate surface area is 62.5 Å². The molecule has 1 heterocycles. The molecule has 0 saturated heterocycles. The predicted molar refractivity (Wildman–Crippen MR) is 36.1 cm³/mol. The van der Waals surface area contributed by atoms with E-state index in [1.807, 2.05) is 0 Å². The van der Waals surface area contributed by atoms with E-state index in [-0.39, 0.29) is 0 Å². The van der Waals surface area contributed by atoms with Crippen molar-refractivity contribution >= 4 is 27.2 Å². The number of hydrogen-bond donors (Lipinski definition) is 1. The lowest BCUT2D eigenvalue weighted by atomic mass is 11.0. The maximum Gasteiger partial charge on any atom is 0.267 e. The van der Waals surface area contributed by atoms with E-state index < -0.39 is 11.3 Å². The molecule has 1 atom stereocenters. The van der Waals surface area contributed by atoms with Gasteiger partial charge < -0.3 is 0 Å². The lowest BCUT2D eigenvalue weighted by Gasteiger charge is -1.91. The van der Waals surface area contributed by atoms with Crippen LogP contribution in [0, 0.1) is 0 Å². The van der Waals surface area contributed by atoms with E-state index in [0.717, 1.165) is 3.97 Å². The number of rotatable bonds is 1. The molecule has 0 saturated carbocycles. The molecule has 1 aromatic rings. The molecular formula is C3H3BrN2O2S. The monoisotopic (exact) mass is 210 g/mol. The van der Waals surface area contributed by atoms with Crippen LogP contribution in [0.25, 0.3) is 0 Å². The normalized spacial score (nSPS) is 13.6. The van der Waals surface area contributed by atoms with E-state index in [4.69, 9.17) is 4.55 Å². The average molecular weight is 211 g/mol. The van der Waals surface area contributed by atoms with Gasteiger partial charge in [-0.1, -0.05) is 0 Å². The van der Waals surface area contributed by atoms with Crippen LogP contribution in [0.3, 0.4) is 0 Å². The van der Waals surface area contributed by atoms with Crippen LogP contribution in [-0.2, 0) is 11.3 Å². The Hall–Kier alpha value is -0.200. The summed E-state index contributed by atoms with van der Waals surface area (Å²) in [4.78, 5) is 3.66. The number of nitrogens with zero attached hydrogens (tertiary/aromatic N) is 2. The highest BCUT2D eigenvalue weighted by Gasteiger charge is 2.00. The Morgan fingerprint density at radius 3 is 2.78 bits per heavy atom. The zero-order valence-electron chi connectivity index (χ0n) is 4.19. The first-order valence-corrected chi connectivity index (χ1v) is 3.87. The van der Waals surface area contributed by atoms with E-state index in [9.17, 15) is 4.21 Å². The summed E-state index contributed by atoms with van der Waals surface area (Å²) in [7, 11) is 0. The van der Waals surface area contributed by atoms with Crippen molar-refractivity contribution in [1.82, 2.24) is 8.96 Å². The fraction of sp³-hybridized carbons (Fsp3) is 0. The third-order valence-electron chi connectivity index (χ3n) is 0.733. The highest BCUT2D eigenvalue weighted by Crippen LogP contribution is 2.05. The molecule has 0 fully saturated rings. The van der Waals surface area contributed by atoms with Crippen LogP contribution in [0.4, 0.5) is 0 Å². The molecule has 1 rings (SSSR count). The van der Waals surface area contributed by atoms with E-state index in [1.165, 1.54) is 12.4 Å². The maximum atomic E-state index is 10.3. The summed E-state index contributed by atoms with van der Waals surface area (Å²) < 4.78 is 20.2. The van der Waals surface area contributed by atoms with Gasteiger partial charge in [0.25, 0.3) is 11.3 Å². The minimum atomic E-state index is -2.00. The van der Waals surface area contributed by atoms with Crippen LogP contribution in [0.5, 0.6) is 0 Å². The van der Waals surface area contributed by atoms with Gasteiger partial charge in [-0.15, -0.1) is 0 Å². The van der Waals surface area contributed by atoms with Gasteiger partial charge in [0.2, 0.25) is 0 Å². The molecule has 1 N–H and O–H groups in total. The van der Waals surface area contributed by atoms with Gasteiger partial charge in [0.1, 0.15) is 0 Å². The van der Waals surface area contributed by atoms with Crippen molar-refractivity contribution in [3.63, 3.8) is 0 Å². The maximum absolute atomic E-state index is 10.3. The van der Waals surface area contributed by atoms with Crippen LogP contribution >= 0.6 is 15.9 Å². The molecule has 9 heavy (non-hydrogen) atoms. The molecule has 50 valence electrons. The number of aromatic nitrogens is 2. The lowest BCUT2D eigenvalue weighted by Crippen LogP contribution is -2.00. The second-order valence-corrected chi connectivity index (χ2v) is 2.82. The van der Waals surface area contributed by atoms with Crippen LogP contribution in [0.2, 0.25) is 0 Å². The molecule has 6 heteroatoms. The van der Waals surface area contributed by atoms with Crippen LogP contribution in [-0.4, -0.2) is 17.7 Å². The average Bonchev–Trinajstić information content (AvgIpc) is 2.13. The molecule has 0 aromatic carbocycles. The van der Waals surface area contributed by atoms with Crippen molar-refractivity contribution in [2.45, 2.75) is 0 Å². The van der Waals surface area contributed by atoms with Crippen molar-refractivity contribution < 1.29 is 8.76 Å². The Morgan fingerprint density at radius 1 is 1.89 bits per heavy atom. The van der Waals surface area contributed by atoms with E-state index in [2.05, 4.69) is 20.9 Å². The molecule has 1 aromatic heterocycles.